The van der Waals surface area contributed by atoms with Gasteiger partial charge in [-0.25, -0.2) is 0 Å². The van der Waals surface area contributed by atoms with Gasteiger partial charge in [-0.2, -0.15) is 15.1 Å². The molecule has 9 heteroatoms. The van der Waals surface area contributed by atoms with E-state index in [9.17, 15) is 5.11 Å². The largest absolute Gasteiger partial charge is 0.475 e. The maximum absolute atomic E-state index is 10.9. The van der Waals surface area contributed by atoms with Crippen molar-refractivity contribution < 1.29 is 14.6 Å². The number of rotatable bonds is 7. The van der Waals surface area contributed by atoms with Gasteiger partial charge in [-0.3, -0.25) is 5.10 Å². The number of hydrogen-bond donors (Lipinski definition) is 4. The van der Waals surface area contributed by atoms with Crippen LogP contribution in [0.1, 0.15) is 50.6 Å². The molecule has 4 saturated carbocycles. The van der Waals surface area contributed by atoms with Gasteiger partial charge < -0.3 is 25.2 Å². The van der Waals surface area contributed by atoms with Gasteiger partial charge in [0.2, 0.25) is 11.8 Å². The van der Waals surface area contributed by atoms with Gasteiger partial charge in [0.1, 0.15) is 12.4 Å². The van der Waals surface area contributed by atoms with E-state index >= 15 is 0 Å². The Bertz CT molecular complexity index is 958. The highest BCUT2D eigenvalue weighted by Crippen LogP contribution is 2.56. The van der Waals surface area contributed by atoms with Crippen LogP contribution < -0.4 is 15.4 Å². The highest BCUT2D eigenvalue weighted by atomic mass is 16.5. The topological polar surface area (TPSA) is 117 Å². The maximum Gasteiger partial charge on any atom is 0.228 e. The van der Waals surface area contributed by atoms with Gasteiger partial charge in [0.15, 0.2) is 5.82 Å². The summed E-state index contributed by atoms with van der Waals surface area (Å²) in [6.45, 7) is 3.25. The molecule has 4 aliphatic carbocycles. The monoisotopic (exact) mass is 440 g/mol. The molecule has 0 radical (unpaired) electrons. The summed E-state index contributed by atoms with van der Waals surface area (Å²) >= 11 is 0. The summed E-state index contributed by atoms with van der Waals surface area (Å²) in [6.07, 6.45) is 7.32. The van der Waals surface area contributed by atoms with Crippen molar-refractivity contribution >= 4 is 17.6 Å². The van der Waals surface area contributed by atoms with Crippen LogP contribution in [0.4, 0.5) is 17.6 Å². The number of anilines is 3. The van der Waals surface area contributed by atoms with Crippen LogP contribution in [0.2, 0.25) is 0 Å². The second-order valence-electron chi connectivity index (χ2n) is 10.3. The van der Waals surface area contributed by atoms with Crippen molar-refractivity contribution in [3.05, 3.63) is 17.8 Å². The van der Waals surface area contributed by atoms with Crippen molar-refractivity contribution in [1.82, 2.24) is 20.2 Å². The zero-order valence-electron chi connectivity index (χ0n) is 18.5. The summed E-state index contributed by atoms with van der Waals surface area (Å²) in [7, 11) is 0. The van der Waals surface area contributed by atoms with Crippen LogP contribution in [0.3, 0.4) is 0 Å². The lowest BCUT2D eigenvalue weighted by Crippen LogP contribution is -2.59. The third kappa shape index (κ3) is 4.03. The van der Waals surface area contributed by atoms with Crippen LogP contribution in [-0.2, 0) is 4.74 Å². The van der Waals surface area contributed by atoms with E-state index in [0.717, 1.165) is 44.4 Å². The van der Waals surface area contributed by atoms with E-state index in [4.69, 9.17) is 14.5 Å². The maximum atomic E-state index is 10.9. The number of hydrogen-bond acceptors (Lipinski definition) is 8. The molecule has 172 valence electrons. The average Bonchev–Trinajstić information content (AvgIpc) is 3.40. The van der Waals surface area contributed by atoms with Crippen molar-refractivity contribution in [2.45, 2.75) is 69.6 Å². The highest BCUT2D eigenvalue weighted by molar-refractivity contribution is 5.55. The molecular weight excluding hydrogens is 408 g/mol. The van der Waals surface area contributed by atoms with E-state index in [0.29, 0.717) is 53.9 Å². The molecule has 3 heterocycles. The van der Waals surface area contributed by atoms with E-state index in [1.54, 1.807) is 0 Å². The molecule has 1 aliphatic heterocycles. The van der Waals surface area contributed by atoms with E-state index < -0.39 is 5.60 Å². The molecule has 32 heavy (non-hydrogen) atoms. The van der Waals surface area contributed by atoms with E-state index in [1.165, 1.54) is 12.8 Å². The minimum Gasteiger partial charge on any atom is -0.475 e. The fourth-order valence-corrected chi connectivity index (χ4v) is 6.56. The second kappa shape index (κ2) is 7.88. The molecule has 2 aromatic rings. The Balaban J connectivity index is 1.22. The summed E-state index contributed by atoms with van der Waals surface area (Å²) in [6, 6.07) is 4.03. The van der Waals surface area contributed by atoms with E-state index in [2.05, 4.69) is 25.8 Å². The Hall–Kier alpha value is -2.39. The van der Waals surface area contributed by atoms with Gasteiger partial charge >= 0.3 is 0 Å². The third-order valence-electron chi connectivity index (χ3n) is 7.64. The molecule has 7 rings (SSSR count). The van der Waals surface area contributed by atoms with Gasteiger partial charge in [0.25, 0.3) is 0 Å². The Labute approximate surface area is 187 Å². The predicted molar refractivity (Wildman–Crippen MR) is 119 cm³/mol. The Kier molecular flexibility index (Phi) is 4.98. The first-order valence-corrected chi connectivity index (χ1v) is 11.9. The van der Waals surface area contributed by atoms with Crippen molar-refractivity contribution in [3.63, 3.8) is 0 Å². The van der Waals surface area contributed by atoms with Crippen molar-refractivity contribution in [3.8, 4) is 5.88 Å². The summed E-state index contributed by atoms with van der Waals surface area (Å²) < 4.78 is 11.7. The zero-order chi connectivity index (χ0) is 21.7. The number of aromatic nitrogens is 4. The minimum atomic E-state index is -0.452. The second-order valence-corrected chi connectivity index (χ2v) is 10.3. The molecule has 1 saturated heterocycles. The average molecular weight is 441 g/mol. The standard InChI is InChI=1S/C23H32N6O3/c1-13-5-19(29-28-13)24-18-8-20(32-12-17-3-2-4-31-17)26-22(25-18)27-21-15-6-14-7-16(21)11-23(30,9-14)10-15/h5,8,14-17,21,30H,2-4,6-7,9-12H2,1H3,(H3,24,25,26,27,28,29)/t14?,15?,16?,17-,21?,23?/m1/s1. The molecule has 3 atom stereocenters. The van der Waals surface area contributed by atoms with Gasteiger partial charge in [-0.1, -0.05) is 0 Å². The van der Waals surface area contributed by atoms with Crippen LogP contribution in [0.15, 0.2) is 12.1 Å². The van der Waals surface area contributed by atoms with Crippen molar-refractivity contribution in [2.75, 3.05) is 23.8 Å². The van der Waals surface area contributed by atoms with Crippen LogP contribution in [-0.4, -0.2) is 56.2 Å². The number of nitrogens with one attached hydrogen (secondary N) is 3. The fraction of sp³-hybridized carbons (Fsp3) is 0.696. The van der Waals surface area contributed by atoms with E-state index in [1.807, 2.05) is 19.1 Å². The molecule has 0 spiro atoms. The Morgan fingerprint density at radius 1 is 1.19 bits per heavy atom. The molecule has 0 aromatic carbocycles. The van der Waals surface area contributed by atoms with Gasteiger partial charge in [0, 0.05) is 30.5 Å². The molecule has 4 N–H and O–H groups in total. The molecule has 2 aromatic heterocycles. The molecule has 9 nitrogen and oxygen atoms in total. The number of nitrogens with zero attached hydrogens (tertiary/aromatic N) is 3. The van der Waals surface area contributed by atoms with Crippen LogP contribution in [0.25, 0.3) is 0 Å². The fourth-order valence-electron chi connectivity index (χ4n) is 6.56. The first kappa shape index (κ1) is 20.2. The van der Waals surface area contributed by atoms with Crippen molar-refractivity contribution in [1.29, 1.82) is 0 Å². The van der Waals surface area contributed by atoms with Crippen molar-refractivity contribution in [2.24, 2.45) is 17.8 Å². The smallest absolute Gasteiger partial charge is 0.228 e. The van der Waals surface area contributed by atoms with Crippen LogP contribution >= 0.6 is 0 Å². The first-order chi connectivity index (χ1) is 15.5. The predicted octanol–water partition coefficient (Wildman–Crippen LogP) is 3.16. The van der Waals surface area contributed by atoms with Crippen LogP contribution in [0.5, 0.6) is 5.88 Å². The summed E-state index contributed by atoms with van der Waals surface area (Å²) in [5.74, 6) is 4.03. The highest BCUT2D eigenvalue weighted by Gasteiger charge is 2.54. The van der Waals surface area contributed by atoms with Crippen LogP contribution in [0, 0.1) is 24.7 Å². The molecule has 5 aliphatic rings. The number of aromatic amines is 1. The van der Waals surface area contributed by atoms with Gasteiger partial charge in [-0.05, 0) is 69.6 Å². The molecule has 5 fully saturated rings. The molecule has 4 bridgehead atoms. The lowest BCUT2D eigenvalue weighted by Gasteiger charge is -2.58. The first-order valence-electron chi connectivity index (χ1n) is 11.9. The minimum absolute atomic E-state index is 0.122. The molecule has 2 unspecified atom stereocenters. The Morgan fingerprint density at radius 2 is 2.03 bits per heavy atom. The lowest BCUT2D eigenvalue weighted by atomic mass is 9.52. The number of H-pyrrole nitrogens is 1. The summed E-state index contributed by atoms with van der Waals surface area (Å²) in [4.78, 5) is 9.41. The van der Waals surface area contributed by atoms with Gasteiger partial charge in [0.05, 0.1) is 11.7 Å². The number of ether oxygens (including phenoxy) is 2. The zero-order valence-corrected chi connectivity index (χ0v) is 18.5. The number of aryl methyl sites for hydroxylation is 1. The summed E-state index contributed by atoms with van der Waals surface area (Å²) in [5.41, 5.74) is 0.521. The molecular formula is C23H32N6O3. The SMILES string of the molecule is Cc1cc(Nc2cc(OC[C@H]3CCCO3)nc(NC3C4CC5CC3CC(O)(C5)C4)n2)n[nH]1. The quantitative estimate of drug-likeness (QED) is 0.519. The summed E-state index contributed by atoms with van der Waals surface area (Å²) in [5, 5.41) is 25.0. The normalized spacial score (nSPS) is 35.2. The van der Waals surface area contributed by atoms with E-state index in [-0.39, 0.29) is 6.10 Å². The Morgan fingerprint density at radius 3 is 2.72 bits per heavy atom. The van der Waals surface area contributed by atoms with Gasteiger partial charge in [-0.15, -0.1) is 0 Å². The lowest BCUT2D eigenvalue weighted by molar-refractivity contribution is -0.129. The molecule has 0 amide bonds. The third-order valence-corrected chi connectivity index (χ3v) is 7.64. The number of aliphatic hydroxyl groups is 1.